The monoisotopic (exact) mass is 402 g/mol. The number of anilines is 1. The topological polar surface area (TPSA) is 51.3 Å². The molecule has 1 saturated heterocycles. The van der Waals surface area contributed by atoms with Crippen LogP contribution < -0.4 is 10.5 Å². The number of pyridine rings is 1. The van der Waals surface area contributed by atoms with E-state index in [1.807, 2.05) is 30.3 Å². The SMILES string of the molecule is [2H]c1c(N2CCC(c3nc4cc(C(C)C)ccc4o3)CC2)c2ccccc2n(C)c1=O. The number of nitrogens with zero attached hydrogens (tertiary/aromatic N) is 3. The molecule has 0 spiro atoms. The molecule has 154 valence electrons. The van der Waals surface area contributed by atoms with Crippen molar-refractivity contribution >= 4 is 27.7 Å². The Morgan fingerprint density at radius 1 is 1.17 bits per heavy atom. The highest BCUT2D eigenvalue weighted by molar-refractivity contribution is 5.92. The van der Waals surface area contributed by atoms with Gasteiger partial charge in [-0.3, -0.25) is 4.79 Å². The van der Waals surface area contributed by atoms with E-state index < -0.39 is 0 Å². The lowest BCUT2D eigenvalue weighted by Gasteiger charge is -2.33. The molecule has 5 rings (SSSR count). The van der Waals surface area contributed by atoms with Crippen LogP contribution in [-0.2, 0) is 7.05 Å². The van der Waals surface area contributed by atoms with Gasteiger partial charge in [-0.25, -0.2) is 4.98 Å². The fourth-order valence-electron chi connectivity index (χ4n) is 4.42. The van der Waals surface area contributed by atoms with E-state index in [0.717, 1.165) is 59.5 Å². The van der Waals surface area contributed by atoms with E-state index >= 15 is 0 Å². The van der Waals surface area contributed by atoms with Crippen molar-refractivity contribution in [3.63, 3.8) is 0 Å². The third-order valence-corrected chi connectivity index (χ3v) is 6.31. The number of fused-ring (bicyclic) bond motifs is 2. The molecule has 2 aromatic carbocycles. The van der Waals surface area contributed by atoms with E-state index in [2.05, 4.69) is 30.9 Å². The first-order valence-corrected chi connectivity index (χ1v) is 10.7. The van der Waals surface area contributed by atoms with Gasteiger partial charge in [-0.05, 0) is 42.5 Å². The zero-order valence-corrected chi connectivity index (χ0v) is 17.7. The molecule has 30 heavy (non-hydrogen) atoms. The third kappa shape index (κ3) is 3.18. The lowest BCUT2D eigenvalue weighted by molar-refractivity contribution is 0.407. The van der Waals surface area contributed by atoms with Crippen LogP contribution in [0.3, 0.4) is 0 Å². The standard InChI is InChI=1S/C25H27N3O2/c1-16(2)18-8-9-23-20(14-18)26-25(30-23)17-10-12-28(13-11-17)22-15-24(29)27(3)21-7-5-4-6-19(21)22/h4-9,14-17H,10-13H2,1-3H3/i15D. The molecule has 0 bridgehead atoms. The normalized spacial score (nSPS) is 16.0. The van der Waals surface area contributed by atoms with Crippen LogP contribution in [-0.4, -0.2) is 22.6 Å². The number of aromatic nitrogens is 2. The number of aryl methyl sites for hydroxylation is 1. The molecule has 0 amide bonds. The Hall–Kier alpha value is -3.08. The van der Waals surface area contributed by atoms with Crippen molar-refractivity contribution in [2.24, 2.45) is 7.05 Å². The van der Waals surface area contributed by atoms with Gasteiger partial charge in [0.15, 0.2) is 11.5 Å². The Balaban J connectivity index is 1.43. The Kier molecular flexibility index (Phi) is 4.33. The fourth-order valence-corrected chi connectivity index (χ4v) is 4.42. The van der Waals surface area contributed by atoms with E-state index in [0.29, 0.717) is 5.92 Å². The minimum Gasteiger partial charge on any atom is -0.440 e. The summed E-state index contributed by atoms with van der Waals surface area (Å²) in [5.74, 6) is 1.51. The Bertz CT molecular complexity index is 1330. The highest BCUT2D eigenvalue weighted by Gasteiger charge is 2.26. The highest BCUT2D eigenvalue weighted by Crippen LogP contribution is 2.34. The maximum Gasteiger partial charge on any atom is 0.252 e. The van der Waals surface area contributed by atoms with Crippen molar-refractivity contribution in [1.29, 1.82) is 0 Å². The summed E-state index contributed by atoms with van der Waals surface area (Å²) < 4.78 is 16.1. The Labute approximate surface area is 177 Å². The van der Waals surface area contributed by atoms with Crippen LogP contribution >= 0.6 is 0 Å². The summed E-state index contributed by atoms with van der Waals surface area (Å²) in [4.78, 5) is 19.6. The predicted octanol–water partition coefficient (Wildman–Crippen LogP) is 5.19. The number of para-hydroxylation sites is 1. The van der Waals surface area contributed by atoms with Crippen LogP contribution in [0.4, 0.5) is 5.69 Å². The summed E-state index contributed by atoms with van der Waals surface area (Å²) in [5.41, 5.74) is 4.39. The number of piperidine rings is 1. The first kappa shape index (κ1) is 17.8. The molecule has 0 unspecified atom stereocenters. The summed E-state index contributed by atoms with van der Waals surface area (Å²) in [5, 5.41) is 0.955. The van der Waals surface area contributed by atoms with E-state index in [1.54, 1.807) is 11.6 Å². The lowest BCUT2D eigenvalue weighted by atomic mass is 9.96. The van der Waals surface area contributed by atoms with Gasteiger partial charge in [-0.15, -0.1) is 0 Å². The van der Waals surface area contributed by atoms with Gasteiger partial charge in [-0.2, -0.15) is 0 Å². The number of benzene rings is 2. The summed E-state index contributed by atoms with van der Waals surface area (Å²) in [6.45, 7) is 5.89. The minimum atomic E-state index is -0.254. The number of oxazole rings is 1. The van der Waals surface area contributed by atoms with Gasteiger partial charge in [0.1, 0.15) is 5.52 Å². The van der Waals surface area contributed by atoms with Crippen molar-refractivity contribution in [1.82, 2.24) is 9.55 Å². The molecule has 0 aliphatic carbocycles. The molecule has 0 atom stereocenters. The molecule has 3 heterocycles. The second-order valence-corrected chi connectivity index (χ2v) is 8.55. The van der Waals surface area contributed by atoms with Crippen LogP contribution in [0, 0.1) is 0 Å². The van der Waals surface area contributed by atoms with Gasteiger partial charge in [0.05, 0.1) is 12.6 Å². The lowest BCUT2D eigenvalue weighted by Crippen LogP contribution is -2.34. The van der Waals surface area contributed by atoms with E-state index in [1.165, 1.54) is 5.56 Å². The molecule has 5 heteroatoms. The van der Waals surface area contributed by atoms with Gasteiger partial charge >= 0.3 is 0 Å². The van der Waals surface area contributed by atoms with Crippen molar-refractivity contribution in [3.8, 4) is 0 Å². The van der Waals surface area contributed by atoms with E-state index in [-0.39, 0.29) is 17.5 Å². The second-order valence-electron chi connectivity index (χ2n) is 8.55. The van der Waals surface area contributed by atoms with Crippen LogP contribution in [0.5, 0.6) is 0 Å². The molecule has 1 aliphatic rings. The zero-order valence-electron chi connectivity index (χ0n) is 18.7. The largest absolute Gasteiger partial charge is 0.440 e. The Morgan fingerprint density at radius 2 is 1.93 bits per heavy atom. The average Bonchev–Trinajstić information content (AvgIpc) is 3.21. The molecular formula is C25H27N3O2. The van der Waals surface area contributed by atoms with Crippen molar-refractivity contribution in [2.45, 2.75) is 38.5 Å². The van der Waals surface area contributed by atoms with E-state index in [4.69, 9.17) is 10.8 Å². The van der Waals surface area contributed by atoms with Gasteiger partial charge in [0.2, 0.25) is 0 Å². The van der Waals surface area contributed by atoms with Gasteiger partial charge in [0, 0.05) is 37.5 Å². The minimum absolute atomic E-state index is 0.0720. The maximum absolute atomic E-state index is 12.6. The van der Waals surface area contributed by atoms with Crippen molar-refractivity contribution in [3.05, 3.63) is 70.3 Å². The van der Waals surface area contributed by atoms with Crippen LogP contribution in [0.2, 0.25) is 0 Å². The summed E-state index contributed by atoms with van der Waals surface area (Å²) >= 11 is 0. The molecule has 2 aromatic heterocycles. The quantitative estimate of drug-likeness (QED) is 0.473. The molecule has 4 aromatic rings. The highest BCUT2D eigenvalue weighted by atomic mass is 16.3. The summed E-state index contributed by atoms with van der Waals surface area (Å²) in [6, 6.07) is 14.2. The third-order valence-electron chi connectivity index (χ3n) is 6.31. The van der Waals surface area contributed by atoms with Crippen LogP contribution in [0.1, 0.15) is 51.3 Å². The second kappa shape index (κ2) is 7.31. The first-order chi connectivity index (χ1) is 14.9. The number of hydrogen-bond acceptors (Lipinski definition) is 4. The van der Waals surface area contributed by atoms with Crippen LogP contribution in [0.15, 0.2) is 57.7 Å². The molecule has 0 radical (unpaired) electrons. The fraction of sp³-hybridized carbons (Fsp3) is 0.360. The first-order valence-electron chi connectivity index (χ1n) is 11.2. The molecule has 5 nitrogen and oxygen atoms in total. The van der Waals surface area contributed by atoms with Crippen molar-refractivity contribution in [2.75, 3.05) is 18.0 Å². The van der Waals surface area contributed by atoms with Gasteiger partial charge < -0.3 is 13.9 Å². The maximum atomic E-state index is 12.6. The molecule has 0 N–H and O–H groups in total. The van der Waals surface area contributed by atoms with E-state index in [9.17, 15) is 4.79 Å². The number of rotatable bonds is 3. The van der Waals surface area contributed by atoms with Gasteiger partial charge in [-0.1, -0.05) is 38.1 Å². The van der Waals surface area contributed by atoms with Gasteiger partial charge in [0.25, 0.3) is 5.56 Å². The smallest absolute Gasteiger partial charge is 0.252 e. The predicted molar refractivity (Wildman–Crippen MR) is 121 cm³/mol. The van der Waals surface area contributed by atoms with Crippen LogP contribution in [0.25, 0.3) is 22.0 Å². The summed E-state index contributed by atoms with van der Waals surface area (Å²) in [7, 11) is 1.73. The zero-order chi connectivity index (χ0) is 21.7. The Morgan fingerprint density at radius 3 is 2.70 bits per heavy atom. The molecule has 1 fully saturated rings. The number of hydrogen-bond donors (Lipinski definition) is 0. The summed E-state index contributed by atoms with van der Waals surface area (Å²) in [6.07, 6.45) is 1.76. The molecular weight excluding hydrogens is 374 g/mol. The molecule has 0 saturated carbocycles. The molecule has 1 aliphatic heterocycles. The van der Waals surface area contributed by atoms with Crippen molar-refractivity contribution < 1.29 is 5.79 Å². The average molecular weight is 403 g/mol.